The van der Waals surface area contributed by atoms with Crippen molar-refractivity contribution in [2.24, 2.45) is 0 Å². The van der Waals surface area contributed by atoms with Crippen molar-refractivity contribution in [1.29, 1.82) is 0 Å². The van der Waals surface area contributed by atoms with Crippen molar-refractivity contribution in [3.05, 3.63) is 12.3 Å². The van der Waals surface area contributed by atoms with Crippen LogP contribution in [0.5, 0.6) is 0 Å². The third-order valence-corrected chi connectivity index (χ3v) is 5.36. The van der Waals surface area contributed by atoms with E-state index in [1.807, 2.05) is 0 Å². The highest BCUT2D eigenvalue weighted by Crippen LogP contribution is 2.22. The van der Waals surface area contributed by atoms with Crippen LogP contribution in [-0.4, -0.2) is 65.4 Å². The van der Waals surface area contributed by atoms with Crippen LogP contribution in [-0.2, 0) is 24.0 Å². The Morgan fingerprint density at radius 1 is 1.03 bits per heavy atom. The van der Waals surface area contributed by atoms with Gasteiger partial charge in [-0.05, 0) is 33.1 Å². The molecule has 2 aliphatic heterocycles. The number of hydrogen-bond acceptors (Lipinski definition) is 6. The van der Waals surface area contributed by atoms with E-state index in [4.69, 9.17) is 4.84 Å². The number of allylic oxidation sites excluding steroid dienone is 1. The first-order chi connectivity index (χ1) is 13.8. The Kier molecular flexibility index (Phi) is 8.63. The molecular weight excluding hydrogens is 379 g/mol. The number of likely N-dealkylation sites (tertiary alicyclic amines) is 1. The van der Waals surface area contributed by atoms with E-state index in [2.05, 4.69) is 36.0 Å². The van der Waals surface area contributed by atoms with Gasteiger partial charge in [-0.3, -0.25) is 19.3 Å². The summed E-state index contributed by atoms with van der Waals surface area (Å²) in [6.45, 7) is 8.62. The molecule has 0 spiro atoms. The van der Waals surface area contributed by atoms with E-state index in [0.717, 1.165) is 17.9 Å². The second kappa shape index (κ2) is 10.9. The van der Waals surface area contributed by atoms with Crippen LogP contribution in [0.1, 0.15) is 58.8 Å². The monoisotopic (exact) mass is 411 g/mol. The Morgan fingerprint density at radius 3 is 2.28 bits per heavy atom. The molecule has 29 heavy (non-hydrogen) atoms. The average molecular weight is 411 g/mol. The second-order valence-corrected chi connectivity index (χ2v) is 7.72. The van der Waals surface area contributed by atoms with Crippen LogP contribution < -0.4 is 10.6 Å². The van der Waals surface area contributed by atoms with Crippen molar-refractivity contribution in [3.63, 3.8) is 0 Å². The summed E-state index contributed by atoms with van der Waals surface area (Å²) < 4.78 is 0. The van der Waals surface area contributed by atoms with Gasteiger partial charge in [-0.15, -0.1) is 5.06 Å². The number of hydroxylamine groups is 2. The zero-order chi connectivity index (χ0) is 21.4. The fourth-order valence-corrected chi connectivity index (χ4v) is 3.61. The quantitative estimate of drug-likeness (QED) is 0.430. The van der Waals surface area contributed by atoms with E-state index in [9.17, 15) is 19.2 Å². The summed E-state index contributed by atoms with van der Waals surface area (Å²) >= 11 is 0. The van der Waals surface area contributed by atoms with Crippen molar-refractivity contribution >= 4 is 23.7 Å². The van der Waals surface area contributed by atoms with E-state index >= 15 is 0 Å². The van der Waals surface area contributed by atoms with Crippen LogP contribution in [0.4, 0.5) is 0 Å². The molecule has 2 heterocycles. The third-order valence-electron chi connectivity index (χ3n) is 5.36. The fourth-order valence-electron chi connectivity index (χ4n) is 3.61. The predicted molar refractivity (Wildman–Crippen MR) is 106 cm³/mol. The maximum atomic E-state index is 12.1. The number of amides is 3. The summed E-state index contributed by atoms with van der Waals surface area (Å²) in [6, 6.07) is 0.779. The number of piperidine rings is 1. The number of carbonyl (C=O) groups excluding carboxylic acids is 4. The number of nitrogens with one attached hydrogen (secondary N) is 2. The van der Waals surface area contributed by atoms with Gasteiger partial charge in [-0.25, -0.2) is 4.79 Å². The van der Waals surface area contributed by atoms with Crippen molar-refractivity contribution in [2.45, 2.75) is 70.9 Å². The van der Waals surface area contributed by atoms with Crippen LogP contribution in [0.3, 0.4) is 0 Å². The zero-order valence-corrected chi connectivity index (χ0v) is 17.4. The first-order valence-electron chi connectivity index (χ1n) is 10.3. The third kappa shape index (κ3) is 7.16. The Balaban J connectivity index is 1.56. The van der Waals surface area contributed by atoms with Gasteiger partial charge in [0.25, 0.3) is 5.91 Å². The molecule has 2 fully saturated rings. The SMILES string of the molecule is C=C1CCC(=O)N1OC(=O)CC[15NH]C(=O)CC[15NH][13C](=O)CN1C(C)CCCC1C. The highest BCUT2D eigenvalue weighted by Gasteiger charge is 2.28. The van der Waals surface area contributed by atoms with Crippen LogP contribution in [0.25, 0.3) is 0 Å². The van der Waals surface area contributed by atoms with E-state index in [0.29, 0.717) is 30.7 Å². The molecule has 162 valence electrons. The second-order valence-electron chi connectivity index (χ2n) is 7.72. The lowest BCUT2D eigenvalue weighted by molar-refractivity contribution is -0.186. The van der Waals surface area contributed by atoms with Crippen LogP contribution >= 0.6 is 0 Å². The van der Waals surface area contributed by atoms with Gasteiger partial charge in [-0.2, -0.15) is 0 Å². The van der Waals surface area contributed by atoms with Gasteiger partial charge in [0, 0.05) is 38.0 Å². The van der Waals surface area contributed by atoms with Gasteiger partial charge in [-0.1, -0.05) is 13.0 Å². The van der Waals surface area contributed by atoms with Crippen LogP contribution in [0.2, 0.25) is 0 Å². The van der Waals surface area contributed by atoms with Crippen molar-refractivity contribution in [2.75, 3.05) is 19.6 Å². The molecule has 0 aromatic rings. The minimum atomic E-state index is -0.611. The lowest BCUT2D eigenvalue weighted by Gasteiger charge is -2.38. The number of hydrogen-bond donors (Lipinski definition) is 2. The van der Waals surface area contributed by atoms with Crippen molar-refractivity contribution < 1.29 is 24.0 Å². The molecule has 0 radical (unpaired) electrons. The first-order valence-corrected chi connectivity index (χ1v) is 10.3. The van der Waals surface area contributed by atoms with E-state index < -0.39 is 5.97 Å². The molecule has 9 nitrogen and oxygen atoms in total. The molecule has 0 bridgehead atoms. The predicted octanol–water partition coefficient (Wildman–Crippen LogP) is 0.856. The molecule has 3 amide bonds. The minimum absolute atomic E-state index is 0.0557. The highest BCUT2D eigenvalue weighted by atomic mass is 16.7. The van der Waals surface area contributed by atoms with Gasteiger partial charge in [0.2, 0.25) is 11.8 Å². The summed E-state index contributed by atoms with van der Waals surface area (Å²) in [6.07, 6.45) is 4.23. The van der Waals surface area contributed by atoms with E-state index in [1.165, 1.54) is 6.42 Å². The topological polar surface area (TPSA) is 108 Å². The first kappa shape index (κ1) is 22.9. The van der Waals surface area contributed by atoms with Gasteiger partial charge < -0.3 is 15.5 Å². The zero-order valence-electron chi connectivity index (χ0n) is 17.4. The average Bonchev–Trinajstić information content (AvgIpc) is 2.97. The van der Waals surface area contributed by atoms with Crippen LogP contribution in [0.15, 0.2) is 12.3 Å². The molecule has 2 aliphatic rings. The highest BCUT2D eigenvalue weighted by molar-refractivity contribution is 5.82. The fraction of sp³-hybridized carbons (Fsp3) is 0.700. The largest absolute Gasteiger partial charge is 0.355 e. The molecule has 2 unspecified atom stereocenters. The molecule has 0 saturated carbocycles. The molecule has 2 N–H and O–H groups in total. The molecule has 9 heteroatoms. The number of rotatable bonds is 9. The van der Waals surface area contributed by atoms with Gasteiger partial charge >= 0.3 is 5.97 Å². The summed E-state index contributed by atoms with van der Waals surface area (Å²) in [5, 5.41) is 6.30. The number of nitrogens with zero attached hydrogens (tertiary/aromatic N) is 2. The Labute approximate surface area is 171 Å². The molecule has 0 aromatic carbocycles. The standard InChI is InChI=1S/C20H32N4O5/c1-14-5-4-6-15(2)23(14)13-18(26)22-11-9-17(25)21-12-10-20(28)29-24-16(3)7-8-19(24)27/h14-15H,3-13H2,1-2H3,(H,21,25)(H,22,26)/i18+1,21+1,22+1. The minimum Gasteiger partial charge on any atom is -0.355 e. The van der Waals surface area contributed by atoms with E-state index in [-0.39, 0.29) is 50.1 Å². The maximum Gasteiger partial charge on any atom is 0.334 e. The Morgan fingerprint density at radius 2 is 1.66 bits per heavy atom. The van der Waals surface area contributed by atoms with Crippen molar-refractivity contribution in [1.82, 2.24) is 20.6 Å². The van der Waals surface area contributed by atoms with E-state index in [1.54, 1.807) is 0 Å². The summed E-state index contributed by atoms with van der Waals surface area (Å²) in [5.74, 6) is -1.26. The van der Waals surface area contributed by atoms with Crippen LogP contribution in [0, 0.1) is 0 Å². The van der Waals surface area contributed by atoms with Gasteiger partial charge in [0.1, 0.15) is 0 Å². The molecule has 0 aliphatic carbocycles. The normalized spacial score (nSPS) is 22.5. The maximum absolute atomic E-state index is 12.1. The molecule has 2 atom stereocenters. The lowest BCUT2D eigenvalue weighted by atomic mass is 9.98. The Bertz CT molecular complexity index is 625. The smallest absolute Gasteiger partial charge is 0.334 e. The molecule has 0 aromatic heterocycles. The summed E-state index contributed by atoms with van der Waals surface area (Å²) in [7, 11) is 0. The Hall–Kier alpha value is -2.42. The molecular formula is C20H32N4O5. The van der Waals surface area contributed by atoms with Gasteiger partial charge in [0.05, 0.1) is 18.7 Å². The number of carbonyl (C=O) groups is 4. The molecule has 2 rings (SSSR count). The lowest BCUT2D eigenvalue weighted by Crippen LogP contribution is -2.49. The molecule has 2 saturated heterocycles. The van der Waals surface area contributed by atoms with Gasteiger partial charge in [0.15, 0.2) is 0 Å². The van der Waals surface area contributed by atoms with Crippen molar-refractivity contribution in [3.8, 4) is 0 Å². The summed E-state index contributed by atoms with van der Waals surface area (Å²) in [4.78, 5) is 54.4. The summed E-state index contributed by atoms with van der Waals surface area (Å²) in [5.41, 5.74) is 0.455.